The van der Waals surface area contributed by atoms with E-state index < -0.39 is 0 Å². The third-order valence-corrected chi connectivity index (χ3v) is 6.24. The molecule has 0 aromatic heterocycles. The van der Waals surface area contributed by atoms with Crippen molar-refractivity contribution in [3.63, 3.8) is 0 Å². The van der Waals surface area contributed by atoms with Crippen molar-refractivity contribution in [1.29, 1.82) is 0 Å². The van der Waals surface area contributed by atoms with Gasteiger partial charge in [-0.25, -0.2) is 0 Å². The van der Waals surface area contributed by atoms with E-state index in [1.807, 2.05) is 0 Å². The highest BCUT2D eigenvalue weighted by molar-refractivity contribution is 9.10. The molecular formula is C18H24BrNO. The first-order valence-corrected chi connectivity index (χ1v) is 9.22. The Morgan fingerprint density at radius 2 is 2.00 bits per heavy atom. The summed E-state index contributed by atoms with van der Waals surface area (Å²) in [5, 5.41) is 3.82. The monoisotopic (exact) mass is 349 g/mol. The maximum absolute atomic E-state index is 5.88. The fourth-order valence-corrected chi connectivity index (χ4v) is 5.27. The normalized spacial score (nSPS) is 35.8. The quantitative estimate of drug-likeness (QED) is 0.823. The number of nitrogens with one attached hydrogen (secondary N) is 1. The lowest BCUT2D eigenvalue weighted by molar-refractivity contribution is 0.312. The fourth-order valence-electron chi connectivity index (χ4n) is 4.86. The van der Waals surface area contributed by atoms with Gasteiger partial charge in [0.15, 0.2) is 0 Å². The standard InChI is InChI=1S/C18H24BrNO/c1-2-7-21-15-6-5-14(19)9-13(15)10-20-18-16-11-3-4-12(8-11)17(16)18/h5-6,9,11-12,16-18,20H,2-4,7-8,10H2,1H3. The molecule has 1 N–H and O–H groups in total. The Morgan fingerprint density at radius 3 is 2.71 bits per heavy atom. The van der Waals surface area contributed by atoms with Gasteiger partial charge in [-0.2, -0.15) is 0 Å². The Kier molecular flexibility index (Phi) is 3.74. The minimum Gasteiger partial charge on any atom is -0.493 e. The summed E-state index contributed by atoms with van der Waals surface area (Å²) in [6, 6.07) is 7.15. The predicted octanol–water partition coefficient (Wildman–Crippen LogP) is 4.37. The first kappa shape index (κ1) is 14.1. The van der Waals surface area contributed by atoms with Crippen LogP contribution in [-0.4, -0.2) is 12.6 Å². The van der Waals surface area contributed by atoms with Crippen molar-refractivity contribution in [2.24, 2.45) is 23.7 Å². The number of halogens is 1. The average Bonchev–Trinajstić information content (AvgIpc) is 2.87. The Hall–Kier alpha value is -0.540. The van der Waals surface area contributed by atoms with E-state index >= 15 is 0 Å². The second kappa shape index (κ2) is 5.58. The summed E-state index contributed by atoms with van der Waals surface area (Å²) in [6.45, 7) is 3.89. The van der Waals surface area contributed by atoms with Gasteiger partial charge >= 0.3 is 0 Å². The predicted molar refractivity (Wildman–Crippen MR) is 88.4 cm³/mol. The number of hydrogen-bond acceptors (Lipinski definition) is 2. The van der Waals surface area contributed by atoms with Gasteiger partial charge in [-0.15, -0.1) is 0 Å². The molecule has 21 heavy (non-hydrogen) atoms. The van der Waals surface area contributed by atoms with Crippen LogP contribution in [0.15, 0.2) is 22.7 Å². The number of fused-ring (bicyclic) bond motifs is 5. The minimum absolute atomic E-state index is 0.786. The van der Waals surface area contributed by atoms with Gasteiger partial charge in [0.1, 0.15) is 5.75 Å². The fraction of sp³-hybridized carbons (Fsp3) is 0.667. The van der Waals surface area contributed by atoms with Gasteiger partial charge in [-0.1, -0.05) is 22.9 Å². The van der Waals surface area contributed by atoms with Gasteiger partial charge in [0, 0.05) is 22.6 Å². The molecule has 114 valence electrons. The topological polar surface area (TPSA) is 21.3 Å². The molecule has 3 aliphatic carbocycles. The molecule has 0 amide bonds. The molecule has 3 aliphatic rings. The van der Waals surface area contributed by atoms with Crippen LogP contribution in [0.5, 0.6) is 5.75 Å². The zero-order valence-corrected chi connectivity index (χ0v) is 14.2. The van der Waals surface area contributed by atoms with Crippen molar-refractivity contribution in [3.05, 3.63) is 28.2 Å². The molecule has 2 bridgehead atoms. The van der Waals surface area contributed by atoms with Crippen molar-refractivity contribution in [1.82, 2.24) is 5.32 Å². The number of benzene rings is 1. The van der Waals surface area contributed by atoms with Crippen LogP contribution in [0.4, 0.5) is 0 Å². The van der Waals surface area contributed by atoms with Crippen molar-refractivity contribution < 1.29 is 4.74 Å². The van der Waals surface area contributed by atoms with Gasteiger partial charge in [-0.3, -0.25) is 0 Å². The van der Waals surface area contributed by atoms with Crippen LogP contribution in [0.25, 0.3) is 0 Å². The largest absolute Gasteiger partial charge is 0.493 e. The molecule has 3 heteroatoms. The Labute approximate surface area is 135 Å². The zero-order chi connectivity index (χ0) is 14.4. The molecule has 4 unspecified atom stereocenters. The van der Waals surface area contributed by atoms with E-state index in [9.17, 15) is 0 Å². The molecule has 3 saturated carbocycles. The van der Waals surface area contributed by atoms with Gasteiger partial charge < -0.3 is 10.1 Å². The highest BCUT2D eigenvalue weighted by Gasteiger charge is 2.64. The van der Waals surface area contributed by atoms with E-state index in [1.165, 1.54) is 24.8 Å². The zero-order valence-electron chi connectivity index (χ0n) is 12.6. The molecule has 0 radical (unpaired) electrons. The molecule has 3 fully saturated rings. The van der Waals surface area contributed by atoms with Crippen LogP contribution < -0.4 is 10.1 Å². The lowest BCUT2D eigenvalue weighted by Gasteiger charge is -2.14. The number of ether oxygens (including phenoxy) is 1. The summed E-state index contributed by atoms with van der Waals surface area (Å²) in [7, 11) is 0. The summed E-state index contributed by atoms with van der Waals surface area (Å²) >= 11 is 3.58. The molecule has 1 aromatic rings. The summed E-state index contributed by atoms with van der Waals surface area (Å²) in [5.74, 6) is 5.11. The molecule has 2 nitrogen and oxygen atoms in total. The second-order valence-corrected chi connectivity index (χ2v) is 7.91. The first-order valence-electron chi connectivity index (χ1n) is 8.42. The first-order chi connectivity index (χ1) is 10.3. The third-order valence-electron chi connectivity index (χ3n) is 5.75. The van der Waals surface area contributed by atoms with Crippen LogP contribution in [0.2, 0.25) is 0 Å². The molecule has 4 rings (SSSR count). The Bertz CT molecular complexity index is 516. The lowest BCUT2D eigenvalue weighted by Crippen LogP contribution is -2.22. The van der Waals surface area contributed by atoms with Crippen LogP contribution in [0.3, 0.4) is 0 Å². The summed E-state index contributed by atoms with van der Waals surface area (Å²) in [5.41, 5.74) is 1.29. The smallest absolute Gasteiger partial charge is 0.123 e. The average molecular weight is 350 g/mol. The maximum Gasteiger partial charge on any atom is 0.123 e. The summed E-state index contributed by atoms with van der Waals surface area (Å²) in [4.78, 5) is 0. The summed E-state index contributed by atoms with van der Waals surface area (Å²) < 4.78 is 7.02. The maximum atomic E-state index is 5.88. The second-order valence-electron chi connectivity index (χ2n) is 7.00. The lowest BCUT2D eigenvalue weighted by atomic mass is 10.0. The van der Waals surface area contributed by atoms with Crippen molar-refractivity contribution in [2.45, 2.75) is 45.2 Å². The van der Waals surface area contributed by atoms with Crippen molar-refractivity contribution >= 4 is 15.9 Å². The van der Waals surface area contributed by atoms with Crippen LogP contribution in [0, 0.1) is 23.7 Å². The van der Waals surface area contributed by atoms with E-state index in [0.717, 1.165) is 59.5 Å². The molecule has 0 spiro atoms. The molecule has 0 heterocycles. The highest BCUT2D eigenvalue weighted by Crippen LogP contribution is 2.65. The molecule has 0 saturated heterocycles. The van der Waals surface area contributed by atoms with E-state index in [4.69, 9.17) is 4.74 Å². The van der Waals surface area contributed by atoms with Crippen LogP contribution >= 0.6 is 15.9 Å². The third kappa shape index (κ3) is 2.53. The molecule has 0 aliphatic heterocycles. The Morgan fingerprint density at radius 1 is 1.24 bits per heavy atom. The van der Waals surface area contributed by atoms with Gasteiger partial charge in [-0.05, 0) is 67.6 Å². The van der Waals surface area contributed by atoms with E-state index in [2.05, 4.69) is 46.4 Å². The molecule has 4 atom stereocenters. The Balaban J connectivity index is 1.40. The van der Waals surface area contributed by atoms with Crippen molar-refractivity contribution in [2.75, 3.05) is 6.61 Å². The van der Waals surface area contributed by atoms with E-state index in [-0.39, 0.29) is 0 Å². The summed E-state index contributed by atoms with van der Waals surface area (Å²) in [6.07, 6.45) is 5.56. The van der Waals surface area contributed by atoms with Gasteiger partial charge in [0.2, 0.25) is 0 Å². The van der Waals surface area contributed by atoms with Crippen LogP contribution in [0.1, 0.15) is 38.2 Å². The van der Waals surface area contributed by atoms with E-state index in [1.54, 1.807) is 0 Å². The van der Waals surface area contributed by atoms with Crippen LogP contribution in [-0.2, 0) is 6.54 Å². The van der Waals surface area contributed by atoms with Gasteiger partial charge in [0.05, 0.1) is 6.61 Å². The highest BCUT2D eigenvalue weighted by atomic mass is 79.9. The molecule has 1 aromatic carbocycles. The number of hydrogen-bond donors (Lipinski definition) is 1. The SMILES string of the molecule is CCCOc1ccc(Br)cc1CNC1C2C3CCC(C3)C12. The van der Waals surface area contributed by atoms with E-state index in [0.29, 0.717) is 0 Å². The minimum atomic E-state index is 0.786. The van der Waals surface area contributed by atoms with Crippen molar-refractivity contribution in [3.8, 4) is 5.75 Å². The number of rotatable bonds is 6. The van der Waals surface area contributed by atoms with Gasteiger partial charge in [0.25, 0.3) is 0 Å². The molecular weight excluding hydrogens is 326 g/mol.